The Bertz CT molecular complexity index is 332. The van der Waals surface area contributed by atoms with Gasteiger partial charge in [0, 0.05) is 22.7 Å². The number of ether oxygens (including phenoxy) is 4. The molecule has 0 aromatic rings. The molecular formula is C14H22O6S. The SMILES string of the molecule is C=C(C)C(=O)OCOCCSCCOCOC(=O)C(=C)C. The molecule has 0 spiro atoms. The Morgan fingerprint density at radius 3 is 1.57 bits per heavy atom. The molecule has 0 rings (SSSR count). The summed E-state index contributed by atoms with van der Waals surface area (Å²) < 4.78 is 19.7. The highest BCUT2D eigenvalue weighted by Gasteiger charge is 2.02. The minimum absolute atomic E-state index is 0.0698. The predicted molar refractivity (Wildman–Crippen MR) is 80.8 cm³/mol. The second kappa shape index (κ2) is 12.4. The first-order valence-electron chi connectivity index (χ1n) is 6.33. The van der Waals surface area contributed by atoms with Gasteiger partial charge in [-0.3, -0.25) is 0 Å². The predicted octanol–water partition coefficient (Wildman–Crippen LogP) is 1.91. The zero-order valence-electron chi connectivity index (χ0n) is 12.5. The van der Waals surface area contributed by atoms with Gasteiger partial charge in [-0.2, -0.15) is 11.8 Å². The van der Waals surface area contributed by atoms with Gasteiger partial charge in [0.15, 0.2) is 13.6 Å². The van der Waals surface area contributed by atoms with Crippen LogP contribution in [-0.2, 0) is 28.5 Å². The van der Waals surface area contributed by atoms with E-state index >= 15 is 0 Å². The van der Waals surface area contributed by atoms with Crippen molar-refractivity contribution in [1.82, 2.24) is 0 Å². The number of thioether (sulfide) groups is 1. The Morgan fingerprint density at radius 1 is 0.857 bits per heavy atom. The molecule has 0 aliphatic rings. The van der Waals surface area contributed by atoms with Gasteiger partial charge in [-0.05, 0) is 13.8 Å². The number of rotatable bonds is 12. The fourth-order valence-electron chi connectivity index (χ4n) is 0.892. The fourth-order valence-corrected chi connectivity index (χ4v) is 1.57. The van der Waals surface area contributed by atoms with Crippen molar-refractivity contribution in [2.45, 2.75) is 13.8 Å². The van der Waals surface area contributed by atoms with Crippen molar-refractivity contribution in [3.05, 3.63) is 24.3 Å². The third kappa shape index (κ3) is 12.2. The normalized spacial score (nSPS) is 10.0. The topological polar surface area (TPSA) is 71.1 Å². The Hall–Kier alpha value is -1.31. The Kier molecular flexibility index (Phi) is 11.7. The van der Waals surface area contributed by atoms with Crippen molar-refractivity contribution in [2.75, 3.05) is 38.3 Å². The van der Waals surface area contributed by atoms with Crippen LogP contribution in [0.5, 0.6) is 0 Å². The summed E-state index contributed by atoms with van der Waals surface area (Å²) in [5.41, 5.74) is 0.690. The van der Waals surface area contributed by atoms with Gasteiger partial charge in [0.05, 0.1) is 13.2 Å². The molecular weight excluding hydrogens is 296 g/mol. The lowest BCUT2D eigenvalue weighted by Gasteiger charge is -2.07. The summed E-state index contributed by atoms with van der Waals surface area (Å²) in [7, 11) is 0. The third-order valence-electron chi connectivity index (χ3n) is 1.99. The van der Waals surface area contributed by atoms with E-state index in [1.807, 2.05) is 0 Å². The first-order valence-corrected chi connectivity index (χ1v) is 7.49. The van der Waals surface area contributed by atoms with Crippen LogP contribution >= 0.6 is 11.8 Å². The summed E-state index contributed by atoms with van der Waals surface area (Å²) in [5, 5.41) is 0. The zero-order chi connectivity index (χ0) is 16.1. The molecule has 0 aromatic heterocycles. The molecule has 21 heavy (non-hydrogen) atoms. The lowest BCUT2D eigenvalue weighted by molar-refractivity contribution is -0.151. The smallest absolute Gasteiger partial charge is 0.335 e. The van der Waals surface area contributed by atoms with Crippen LogP contribution in [0.15, 0.2) is 24.3 Å². The van der Waals surface area contributed by atoms with Crippen molar-refractivity contribution >= 4 is 23.7 Å². The van der Waals surface area contributed by atoms with E-state index in [1.165, 1.54) is 0 Å². The van der Waals surface area contributed by atoms with Crippen LogP contribution in [0.2, 0.25) is 0 Å². The van der Waals surface area contributed by atoms with Gasteiger partial charge >= 0.3 is 11.9 Å². The molecule has 120 valence electrons. The third-order valence-corrected chi connectivity index (χ3v) is 2.90. The molecule has 0 aliphatic carbocycles. The molecule has 0 unspecified atom stereocenters. The van der Waals surface area contributed by atoms with Crippen LogP contribution in [0.25, 0.3) is 0 Å². The second-order valence-electron chi connectivity index (χ2n) is 4.09. The highest BCUT2D eigenvalue weighted by Crippen LogP contribution is 2.00. The van der Waals surface area contributed by atoms with Crippen LogP contribution < -0.4 is 0 Å². The van der Waals surface area contributed by atoms with E-state index in [-0.39, 0.29) is 13.6 Å². The number of hydrogen-bond donors (Lipinski definition) is 0. The number of hydrogen-bond acceptors (Lipinski definition) is 7. The van der Waals surface area contributed by atoms with Crippen LogP contribution in [0.1, 0.15) is 13.8 Å². The monoisotopic (exact) mass is 318 g/mol. The maximum absolute atomic E-state index is 11.0. The second-order valence-corrected chi connectivity index (χ2v) is 5.31. The highest BCUT2D eigenvalue weighted by atomic mass is 32.2. The molecule has 0 aliphatic heterocycles. The number of esters is 2. The Morgan fingerprint density at radius 2 is 1.24 bits per heavy atom. The van der Waals surface area contributed by atoms with Crippen molar-refractivity contribution < 1.29 is 28.5 Å². The van der Waals surface area contributed by atoms with Crippen molar-refractivity contribution in [1.29, 1.82) is 0 Å². The van der Waals surface area contributed by atoms with E-state index in [9.17, 15) is 9.59 Å². The summed E-state index contributed by atoms with van der Waals surface area (Å²) >= 11 is 1.62. The van der Waals surface area contributed by atoms with Crippen LogP contribution in [0.3, 0.4) is 0 Å². The van der Waals surface area contributed by atoms with Gasteiger partial charge in [-0.1, -0.05) is 13.2 Å². The maximum Gasteiger partial charge on any atom is 0.335 e. The summed E-state index contributed by atoms with van der Waals surface area (Å²) in [6.45, 7) is 10.9. The molecule has 0 radical (unpaired) electrons. The summed E-state index contributed by atoms with van der Waals surface area (Å²) in [5.74, 6) is 0.583. The lowest BCUT2D eigenvalue weighted by atomic mass is 10.4. The van der Waals surface area contributed by atoms with Gasteiger partial charge < -0.3 is 18.9 Å². The number of carbonyl (C=O) groups is 2. The molecule has 0 amide bonds. The largest absolute Gasteiger partial charge is 0.435 e. The average molecular weight is 318 g/mol. The standard InChI is InChI=1S/C14H22O6S/c1-11(2)13(15)19-9-17-5-7-21-8-6-18-10-20-14(16)12(3)4/h1,3,5-10H2,2,4H3. The maximum atomic E-state index is 11.0. The summed E-state index contributed by atoms with van der Waals surface area (Å²) in [4.78, 5) is 22.0. The molecule has 0 saturated heterocycles. The van der Waals surface area contributed by atoms with E-state index in [2.05, 4.69) is 13.2 Å². The van der Waals surface area contributed by atoms with Crippen LogP contribution in [-0.4, -0.2) is 50.2 Å². The zero-order valence-corrected chi connectivity index (χ0v) is 13.3. The van der Waals surface area contributed by atoms with Crippen LogP contribution in [0, 0.1) is 0 Å². The van der Waals surface area contributed by atoms with E-state index in [4.69, 9.17) is 18.9 Å². The van der Waals surface area contributed by atoms with Gasteiger partial charge in [0.25, 0.3) is 0 Å². The summed E-state index contributed by atoms with van der Waals surface area (Å²) in [6.07, 6.45) is 0. The first-order chi connectivity index (χ1) is 9.95. The molecule has 0 bridgehead atoms. The van der Waals surface area contributed by atoms with Crippen LogP contribution in [0.4, 0.5) is 0 Å². The Balaban J connectivity index is 3.23. The fraction of sp³-hybridized carbons (Fsp3) is 0.571. The highest BCUT2D eigenvalue weighted by molar-refractivity contribution is 7.99. The first kappa shape index (κ1) is 19.7. The van der Waals surface area contributed by atoms with Gasteiger partial charge in [-0.25, -0.2) is 9.59 Å². The van der Waals surface area contributed by atoms with E-state index in [1.54, 1.807) is 25.6 Å². The molecule has 0 fully saturated rings. The van der Waals surface area contributed by atoms with E-state index in [0.29, 0.717) is 24.4 Å². The van der Waals surface area contributed by atoms with Crippen molar-refractivity contribution in [3.63, 3.8) is 0 Å². The molecule has 0 saturated carbocycles. The molecule has 0 N–H and O–H groups in total. The molecule has 0 aromatic carbocycles. The molecule has 7 heteroatoms. The van der Waals surface area contributed by atoms with Crippen molar-refractivity contribution in [3.8, 4) is 0 Å². The average Bonchev–Trinajstić information content (AvgIpc) is 2.43. The molecule has 0 atom stereocenters. The van der Waals surface area contributed by atoms with Gasteiger partial charge in [-0.15, -0.1) is 0 Å². The lowest BCUT2D eigenvalue weighted by Crippen LogP contribution is -2.11. The quantitative estimate of drug-likeness (QED) is 0.235. The molecule has 0 heterocycles. The Labute approximate surface area is 129 Å². The van der Waals surface area contributed by atoms with E-state index < -0.39 is 11.9 Å². The summed E-state index contributed by atoms with van der Waals surface area (Å²) in [6, 6.07) is 0. The minimum Gasteiger partial charge on any atom is -0.435 e. The minimum atomic E-state index is -0.458. The van der Waals surface area contributed by atoms with Gasteiger partial charge in [0.1, 0.15) is 0 Å². The molecule has 6 nitrogen and oxygen atoms in total. The van der Waals surface area contributed by atoms with Gasteiger partial charge in [0.2, 0.25) is 0 Å². The number of carbonyl (C=O) groups excluding carboxylic acids is 2. The van der Waals surface area contributed by atoms with Crippen molar-refractivity contribution in [2.24, 2.45) is 0 Å². The van der Waals surface area contributed by atoms with E-state index in [0.717, 1.165) is 11.5 Å².